The van der Waals surface area contributed by atoms with E-state index in [1.807, 2.05) is 4.90 Å². The third-order valence-corrected chi connectivity index (χ3v) is 5.20. The molecule has 6 nitrogen and oxygen atoms in total. The highest BCUT2D eigenvalue weighted by atomic mass is 16.4. The van der Waals surface area contributed by atoms with Crippen LogP contribution in [-0.4, -0.2) is 60.0 Å². The fourth-order valence-corrected chi connectivity index (χ4v) is 3.72. The van der Waals surface area contributed by atoms with Gasteiger partial charge in [-0.05, 0) is 39.8 Å². The van der Waals surface area contributed by atoms with Crippen molar-refractivity contribution >= 4 is 11.7 Å². The summed E-state index contributed by atoms with van der Waals surface area (Å²) < 4.78 is 0. The Morgan fingerprint density at radius 2 is 1.81 bits per heavy atom. The molecular weight excluding hydrogens is 268 g/mol. The number of piperidine rings is 1. The van der Waals surface area contributed by atoms with E-state index < -0.39 is 5.41 Å². The average molecular weight is 296 g/mol. The van der Waals surface area contributed by atoms with Gasteiger partial charge in [-0.15, -0.1) is 0 Å². The SMILES string of the molecule is CN(C)C1CCN(C(=O)C2(C(N)=NO)CCCCC2)CC1. The van der Waals surface area contributed by atoms with E-state index in [-0.39, 0.29) is 11.7 Å². The van der Waals surface area contributed by atoms with Crippen molar-refractivity contribution in [3.05, 3.63) is 0 Å². The molecule has 3 N–H and O–H groups in total. The minimum atomic E-state index is -0.766. The number of oxime groups is 1. The summed E-state index contributed by atoms with van der Waals surface area (Å²) in [6.07, 6.45) is 6.45. The van der Waals surface area contributed by atoms with Crippen molar-refractivity contribution in [2.75, 3.05) is 27.2 Å². The van der Waals surface area contributed by atoms with E-state index in [4.69, 9.17) is 10.9 Å². The number of likely N-dealkylation sites (tertiary alicyclic amines) is 1. The number of nitrogens with zero attached hydrogens (tertiary/aromatic N) is 3. The van der Waals surface area contributed by atoms with Gasteiger partial charge < -0.3 is 20.7 Å². The molecule has 0 atom stereocenters. The minimum Gasteiger partial charge on any atom is -0.409 e. The fraction of sp³-hybridized carbons (Fsp3) is 0.867. The van der Waals surface area contributed by atoms with Crippen molar-refractivity contribution in [3.8, 4) is 0 Å². The van der Waals surface area contributed by atoms with Crippen LogP contribution in [0.4, 0.5) is 0 Å². The Kier molecular flexibility index (Phi) is 5.08. The number of nitrogens with two attached hydrogens (primary N) is 1. The second-order valence-electron chi connectivity index (χ2n) is 6.61. The second kappa shape index (κ2) is 6.64. The number of carbonyl (C=O) groups is 1. The highest BCUT2D eigenvalue weighted by Crippen LogP contribution is 2.39. The lowest BCUT2D eigenvalue weighted by Gasteiger charge is -2.42. The van der Waals surface area contributed by atoms with Gasteiger partial charge in [0, 0.05) is 19.1 Å². The first kappa shape index (κ1) is 16.1. The normalized spacial score (nSPS) is 24.3. The molecular formula is C15H28N4O2. The molecule has 0 spiro atoms. The Balaban J connectivity index is 2.09. The van der Waals surface area contributed by atoms with E-state index in [1.165, 1.54) is 0 Å². The molecule has 1 amide bonds. The number of hydrogen-bond donors (Lipinski definition) is 2. The van der Waals surface area contributed by atoms with Crippen LogP contribution in [0.1, 0.15) is 44.9 Å². The molecule has 21 heavy (non-hydrogen) atoms. The molecule has 6 heteroatoms. The molecule has 0 radical (unpaired) electrons. The maximum absolute atomic E-state index is 13.0. The van der Waals surface area contributed by atoms with Crippen LogP contribution in [0, 0.1) is 5.41 Å². The van der Waals surface area contributed by atoms with Gasteiger partial charge in [-0.3, -0.25) is 4.79 Å². The lowest BCUT2D eigenvalue weighted by Crippen LogP contribution is -2.55. The third-order valence-electron chi connectivity index (χ3n) is 5.20. The summed E-state index contributed by atoms with van der Waals surface area (Å²) in [4.78, 5) is 17.1. The average Bonchev–Trinajstić information content (AvgIpc) is 2.54. The summed E-state index contributed by atoms with van der Waals surface area (Å²) in [5.74, 6) is 0.164. The van der Waals surface area contributed by atoms with Crippen LogP contribution < -0.4 is 5.73 Å². The fourth-order valence-electron chi connectivity index (χ4n) is 3.72. The van der Waals surface area contributed by atoms with Gasteiger partial charge in [0.2, 0.25) is 5.91 Å². The van der Waals surface area contributed by atoms with Crippen LogP contribution in [0.25, 0.3) is 0 Å². The van der Waals surface area contributed by atoms with Gasteiger partial charge in [-0.2, -0.15) is 0 Å². The molecule has 1 heterocycles. The van der Waals surface area contributed by atoms with E-state index in [0.717, 1.165) is 45.2 Å². The summed E-state index contributed by atoms with van der Waals surface area (Å²) in [7, 11) is 4.17. The van der Waals surface area contributed by atoms with Crippen molar-refractivity contribution in [1.29, 1.82) is 0 Å². The van der Waals surface area contributed by atoms with Gasteiger partial charge in [0.25, 0.3) is 0 Å². The lowest BCUT2D eigenvalue weighted by atomic mass is 9.71. The zero-order valence-corrected chi connectivity index (χ0v) is 13.2. The van der Waals surface area contributed by atoms with Crippen LogP contribution in [0.3, 0.4) is 0 Å². The molecule has 2 fully saturated rings. The largest absolute Gasteiger partial charge is 0.409 e. The highest BCUT2D eigenvalue weighted by Gasteiger charge is 2.46. The van der Waals surface area contributed by atoms with E-state index in [2.05, 4.69) is 24.2 Å². The molecule has 0 aromatic carbocycles. The second-order valence-corrected chi connectivity index (χ2v) is 6.61. The first-order valence-electron chi connectivity index (χ1n) is 7.95. The first-order valence-corrected chi connectivity index (χ1v) is 7.95. The molecule has 0 unspecified atom stereocenters. The van der Waals surface area contributed by atoms with Crippen LogP contribution in [0.2, 0.25) is 0 Å². The van der Waals surface area contributed by atoms with Crippen LogP contribution in [0.5, 0.6) is 0 Å². The van der Waals surface area contributed by atoms with Crippen LogP contribution in [0.15, 0.2) is 5.16 Å². The van der Waals surface area contributed by atoms with Gasteiger partial charge in [0.1, 0.15) is 5.41 Å². The standard InChI is InChI=1S/C15H28N4O2/c1-18(2)12-6-10-19(11-7-12)14(20)15(13(16)17-21)8-4-3-5-9-15/h12,21H,3-11H2,1-2H3,(H2,16,17). The molecule has 1 saturated carbocycles. The van der Waals surface area contributed by atoms with E-state index in [1.54, 1.807) is 0 Å². The third kappa shape index (κ3) is 3.15. The molecule has 1 aliphatic carbocycles. The highest BCUT2D eigenvalue weighted by molar-refractivity contribution is 6.06. The zero-order valence-electron chi connectivity index (χ0n) is 13.2. The maximum Gasteiger partial charge on any atom is 0.236 e. The van der Waals surface area contributed by atoms with E-state index in [0.29, 0.717) is 18.9 Å². The van der Waals surface area contributed by atoms with E-state index in [9.17, 15) is 4.79 Å². The molecule has 120 valence electrons. The van der Waals surface area contributed by atoms with Crippen molar-refractivity contribution in [3.63, 3.8) is 0 Å². The first-order chi connectivity index (χ1) is 10.0. The molecule has 0 aromatic rings. The minimum absolute atomic E-state index is 0.0645. The van der Waals surface area contributed by atoms with Crippen LogP contribution >= 0.6 is 0 Å². The quantitative estimate of drug-likeness (QED) is 0.355. The van der Waals surface area contributed by atoms with Gasteiger partial charge >= 0.3 is 0 Å². The Hall–Kier alpha value is -1.30. The van der Waals surface area contributed by atoms with Gasteiger partial charge in [0.05, 0.1) is 0 Å². The van der Waals surface area contributed by atoms with E-state index >= 15 is 0 Å². The number of hydrogen-bond acceptors (Lipinski definition) is 4. The van der Waals surface area contributed by atoms with Crippen molar-refractivity contribution in [2.24, 2.45) is 16.3 Å². The molecule has 1 saturated heterocycles. The lowest BCUT2D eigenvalue weighted by molar-refractivity contribution is -0.141. The molecule has 1 aliphatic heterocycles. The van der Waals surface area contributed by atoms with Gasteiger partial charge in [-0.25, -0.2) is 0 Å². The predicted molar refractivity (Wildman–Crippen MR) is 82.2 cm³/mol. The van der Waals surface area contributed by atoms with Crippen molar-refractivity contribution < 1.29 is 10.0 Å². The molecule has 2 aliphatic rings. The van der Waals surface area contributed by atoms with Crippen LogP contribution in [-0.2, 0) is 4.79 Å². The maximum atomic E-state index is 13.0. The summed E-state index contributed by atoms with van der Waals surface area (Å²) >= 11 is 0. The Labute approximate surface area is 127 Å². The Morgan fingerprint density at radius 1 is 1.24 bits per heavy atom. The topological polar surface area (TPSA) is 82.2 Å². The summed E-state index contributed by atoms with van der Waals surface area (Å²) in [6.45, 7) is 1.53. The molecule has 0 aromatic heterocycles. The van der Waals surface area contributed by atoms with Crippen molar-refractivity contribution in [2.45, 2.75) is 51.0 Å². The smallest absolute Gasteiger partial charge is 0.236 e. The summed E-state index contributed by atoms with van der Waals surface area (Å²) in [5.41, 5.74) is 5.14. The van der Waals surface area contributed by atoms with Crippen molar-refractivity contribution in [1.82, 2.24) is 9.80 Å². The number of carbonyl (C=O) groups excluding carboxylic acids is 1. The summed E-state index contributed by atoms with van der Waals surface area (Å²) in [6, 6.07) is 0.542. The monoisotopic (exact) mass is 296 g/mol. The Morgan fingerprint density at radius 3 is 2.29 bits per heavy atom. The van der Waals surface area contributed by atoms with Gasteiger partial charge in [0.15, 0.2) is 5.84 Å². The predicted octanol–water partition coefficient (Wildman–Crippen LogP) is 1.24. The number of rotatable bonds is 3. The Bertz CT molecular complexity index is 394. The number of amides is 1. The molecule has 2 rings (SSSR count). The summed E-state index contributed by atoms with van der Waals surface area (Å²) in [5, 5.41) is 12.3. The zero-order chi connectivity index (χ0) is 15.5. The van der Waals surface area contributed by atoms with Gasteiger partial charge in [-0.1, -0.05) is 24.4 Å². The molecule has 0 bridgehead atoms. The number of amidine groups is 1.